The Kier molecular flexibility index (Phi) is 4.28. The molecule has 0 atom stereocenters. The molecule has 0 spiro atoms. The van der Waals surface area contributed by atoms with E-state index in [1.165, 1.54) is 11.3 Å². The Morgan fingerprint density at radius 2 is 2.05 bits per heavy atom. The number of aryl methyl sites for hydroxylation is 1. The van der Waals surface area contributed by atoms with Crippen LogP contribution in [0.2, 0.25) is 10.4 Å². The van der Waals surface area contributed by atoms with Gasteiger partial charge in [0.25, 0.3) is 0 Å². The fraction of sp³-hybridized carbons (Fsp3) is 0.417. The number of carbonyl (C=O) groups excluding carboxylic acids is 1. The van der Waals surface area contributed by atoms with E-state index < -0.39 is 0 Å². The molecule has 0 saturated carbocycles. The number of fused-ring (bicyclic) bond motifs is 1. The maximum atomic E-state index is 12.0. The number of halogens is 2. The van der Waals surface area contributed by atoms with Crippen LogP contribution < -0.4 is 0 Å². The molecule has 0 aliphatic heterocycles. The third kappa shape index (κ3) is 2.99. The molecule has 0 fully saturated rings. The van der Waals surface area contributed by atoms with E-state index in [0.29, 0.717) is 21.7 Å². The molecule has 0 unspecified atom stereocenters. The van der Waals surface area contributed by atoms with Gasteiger partial charge >= 0.3 is 5.97 Å². The molecule has 2 rings (SSSR count). The third-order valence-corrected chi connectivity index (χ3v) is 4.06. The standard InChI is InChI=1S/C12H12Cl2N2O2S/c1-5(2)4-18-11(17)8-6(3)7-9(13)15-12(14)16-10(7)19-8/h5H,4H2,1-3H3. The summed E-state index contributed by atoms with van der Waals surface area (Å²) >= 11 is 13.0. The van der Waals surface area contributed by atoms with Gasteiger partial charge in [0.1, 0.15) is 14.9 Å². The molecular weight excluding hydrogens is 307 g/mol. The van der Waals surface area contributed by atoms with E-state index >= 15 is 0 Å². The van der Waals surface area contributed by atoms with E-state index in [4.69, 9.17) is 27.9 Å². The summed E-state index contributed by atoms with van der Waals surface area (Å²) in [4.78, 5) is 21.1. The van der Waals surface area contributed by atoms with Gasteiger partial charge in [0.15, 0.2) is 0 Å². The van der Waals surface area contributed by atoms with Crippen LogP contribution in [-0.2, 0) is 4.74 Å². The maximum Gasteiger partial charge on any atom is 0.348 e. The smallest absolute Gasteiger partial charge is 0.348 e. The van der Waals surface area contributed by atoms with E-state index in [0.717, 1.165) is 5.56 Å². The molecule has 0 saturated heterocycles. The van der Waals surface area contributed by atoms with Gasteiger partial charge in [0.05, 0.1) is 12.0 Å². The molecule has 2 aromatic heterocycles. The van der Waals surface area contributed by atoms with Crippen molar-refractivity contribution < 1.29 is 9.53 Å². The fourth-order valence-corrected chi connectivity index (χ4v) is 3.27. The molecule has 0 aliphatic carbocycles. The zero-order chi connectivity index (χ0) is 14.2. The highest BCUT2D eigenvalue weighted by atomic mass is 35.5. The number of nitrogens with zero attached hydrogens (tertiary/aromatic N) is 2. The van der Waals surface area contributed by atoms with Crippen molar-refractivity contribution in [2.75, 3.05) is 6.61 Å². The summed E-state index contributed by atoms with van der Waals surface area (Å²) in [6.07, 6.45) is 0. The van der Waals surface area contributed by atoms with Gasteiger partial charge < -0.3 is 4.74 Å². The number of aromatic nitrogens is 2. The molecule has 0 amide bonds. The van der Waals surface area contributed by atoms with Crippen molar-refractivity contribution in [2.24, 2.45) is 5.92 Å². The molecule has 4 nitrogen and oxygen atoms in total. The predicted molar refractivity (Wildman–Crippen MR) is 77.3 cm³/mol. The minimum atomic E-state index is -0.360. The first kappa shape index (κ1) is 14.5. The molecule has 0 N–H and O–H groups in total. The Morgan fingerprint density at radius 1 is 1.37 bits per heavy atom. The van der Waals surface area contributed by atoms with Crippen LogP contribution in [0, 0.1) is 12.8 Å². The lowest BCUT2D eigenvalue weighted by Crippen LogP contribution is -2.09. The monoisotopic (exact) mass is 318 g/mol. The van der Waals surface area contributed by atoms with E-state index in [-0.39, 0.29) is 22.3 Å². The maximum absolute atomic E-state index is 12.0. The Balaban J connectivity index is 2.42. The molecule has 0 aliphatic rings. The number of rotatable bonds is 3. The molecule has 2 aromatic rings. The zero-order valence-electron chi connectivity index (χ0n) is 10.7. The Bertz CT molecular complexity index is 640. The van der Waals surface area contributed by atoms with Gasteiger partial charge in [-0.1, -0.05) is 25.4 Å². The number of hydrogen-bond donors (Lipinski definition) is 0. The lowest BCUT2D eigenvalue weighted by Gasteiger charge is -2.06. The van der Waals surface area contributed by atoms with Gasteiger partial charge in [-0.15, -0.1) is 11.3 Å². The number of thiophene rings is 1. The summed E-state index contributed by atoms with van der Waals surface area (Å²) in [6, 6.07) is 0. The van der Waals surface area contributed by atoms with Crippen molar-refractivity contribution in [3.63, 3.8) is 0 Å². The summed E-state index contributed by atoms with van der Waals surface area (Å²) in [7, 11) is 0. The average Bonchev–Trinajstić information content (AvgIpc) is 2.63. The summed E-state index contributed by atoms with van der Waals surface area (Å²) in [5.41, 5.74) is 0.732. The van der Waals surface area contributed by atoms with Gasteiger partial charge in [-0.2, -0.15) is 0 Å². The van der Waals surface area contributed by atoms with Crippen LogP contribution in [0.1, 0.15) is 29.1 Å². The van der Waals surface area contributed by atoms with Crippen LogP contribution >= 0.6 is 34.5 Å². The Morgan fingerprint density at radius 3 is 2.68 bits per heavy atom. The first-order chi connectivity index (χ1) is 8.90. The largest absolute Gasteiger partial charge is 0.461 e. The third-order valence-electron chi connectivity index (χ3n) is 2.45. The summed E-state index contributed by atoms with van der Waals surface area (Å²) in [5.74, 6) is -0.0714. The van der Waals surface area contributed by atoms with Crippen LogP contribution in [0.25, 0.3) is 10.2 Å². The van der Waals surface area contributed by atoms with Crippen molar-refractivity contribution in [3.05, 3.63) is 20.9 Å². The van der Waals surface area contributed by atoms with Crippen LogP contribution in [-0.4, -0.2) is 22.5 Å². The molecule has 2 heterocycles. The van der Waals surface area contributed by atoms with Crippen molar-refractivity contribution in [3.8, 4) is 0 Å². The summed E-state index contributed by atoms with van der Waals surface area (Å²) < 4.78 is 5.22. The van der Waals surface area contributed by atoms with Gasteiger partial charge in [0.2, 0.25) is 5.28 Å². The topological polar surface area (TPSA) is 52.1 Å². The number of carbonyl (C=O) groups is 1. The Hall–Kier alpha value is -0.910. The van der Waals surface area contributed by atoms with E-state index in [1.54, 1.807) is 6.92 Å². The highest BCUT2D eigenvalue weighted by molar-refractivity contribution is 7.20. The second kappa shape index (κ2) is 5.61. The summed E-state index contributed by atoms with van der Waals surface area (Å²) in [5, 5.41) is 0.986. The molecule has 19 heavy (non-hydrogen) atoms. The highest BCUT2D eigenvalue weighted by Crippen LogP contribution is 2.34. The van der Waals surface area contributed by atoms with Gasteiger partial charge in [-0.05, 0) is 30.0 Å². The lowest BCUT2D eigenvalue weighted by molar-refractivity contribution is 0.0464. The van der Waals surface area contributed by atoms with Gasteiger partial charge in [-0.25, -0.2) is 14.8 Å². The second-order valence-electron chi connectivity index (χ2n) is 4.51. The van der Waals surface area contributed by atoms with Crippen LogP contribution in [0.4, 0.5) is 0 Å². The minimum Gasteiger partial charge on any atom is -0.461 e. The van der Waals surface area contributed by atoms with E-state index in [1.807, 2.05) is 13.8 Å². The predicted octanol–water partition coefficient (Wildman–Crippen LogP) is 4.12. The number of esters is 1. The Labute approximate surface area is 124 Å². The van der Waals surface area contributed by atoms with E-state index in [9.17, 15) is 4.79 Å². The van der Waals surface area contributed by atoms with Crippen molar-refractivity contribution in [1.82, 2.24) is 9.97 Å². The van der Waals surface area contributed by atoms with Gasteiger partial charge in [0, 0.05) is 0 Å². The zero-order valence-corrected chi connectivity index (χ0v) is 13.0. The normalized spacial score (nSPS) is 11.3. The summed E-state index contributed by atoms with van der Waals surface area (Å²) in [6.45, 7) is 6.14. The highest BCUT2D eigenvalue weighted by Gasteiger charge is 2.20. The molecule has 7 heteroatoms. The molecule has 0 aromatic carbocycles. The molecule has 0 bridgehead atoms. The first-order valence-electron chi connectivity index (χ1n) is 5.69. The fourth-order valence-electron chi connectivity index (χ4n) is 1.57. The van der Waals surface area contributed by atoms with Crippen molar-refractivity contribution in [2.45, 2.75) is 20.8 Å². The van der Waals surface area contributed by atoms with E-state index in [2.05, 4.69) is 9.97 Å². The number of ether oxygens (including phenoxy) is 1. The van der Waals surface area contributed by atoms with Gasteiger partial charge in [-0.3, -0.25) is 0 Å². The van der Waals surface area contributed by atoms with Crippen molar-refractivity contribution >= 4 is 50.7 Å². The van der Waals surface area contributed by atoms with Crippen LogP contribution in [0.5, 0.6) is 0 Å². The van der Waals surface area contributed by atoms with Crippen molar-refractivity contribution in [1.29, 1.82) is 0 Å². The first-order valence-corrected chi connectivity index (χ1v) is 7.26. The second-order valence-corrected chi connectivity index (χ2v) is 6.21. The lowest BCUT2D eigenvalue weighted by atomic mass is 10.2. The SMILES string of the molecule is Cc1c(C(=O)OCC(C)C)sc2nc(Cl)nc(Cl)c12. The van der Waals surface area contributed by atoms with Crippen LogP contribution in [0.3, 0.4) is 0 Å². The van der Waals surface area contributed by atoms with Crippen LogP contribution in [0.15, 0.2) is 0 Å². The minimum absolute atomic E-state index is 0.0702. The molecular formula is C12H12Cl2N2O2S. The quantitative estimate of drug-likeness (QED) is 0.485. The average molecular weight is 319 g/mol. The number of hydrogen-bond acceptors (Lipinski definition) is 5. The molecule has 102 valence electrons. The molecule has 0 radical (unpaired) electrons.